The maximum absolute atomic E-state index is 12.3. The van der Waals surface area contributed by atoms with Gasteiger partial charge in [-0.25, -0.2) is 9.59 Å². The third-order valence-electron chi connectivity index (χ3n) is 5.01. The van der Waals surface area contributed by atoms with Crippen molar-refractivity contribution < 1.29 is 19.4 Å². The Morgan fingerprint density at radius 1 is 1.07 bits per heavy atom. The summed E-state index contributed by atoms with van der Waals surface area (Å²) in [5.41, 5.74) is 4.46. The van der Waals surface area contributed by atoms with Crippen LogP contribution in [-0.4, -0.2) is 29.8 Å². The molecule has 29 heavy (non-hydrogen) atoms. The molecule has 0 unspecified atom stereocenters. The summed E-state index contributed by atoms with van der Waals surface area (Å²) in [5, 5.41) is 14.2. The lowest BCUT2D eigenvalue weighted by molar-refractivity contribution is -0.139. The van der Waals surface area contributed by atoms with Crippen LogP contribution in [-0.2, 0) is 16.0 Å². The van der Waals surface area contributed by atoms with Crippen molar-refractivity contribution in [3.05, 3.63) is 81.0 Å². The normalized spacial score (nSPS) is 13.4. The Morgan fingerprint density at radius 2 is 1.69 bits per heavy atom. The van der Waals surface area contributed by atoms with E-state index in [-0.39, 0.29) is 18.9 Å². The number of nitrogens with one attached hydrogen (secondary N) is 1. The fraction of sp³-hybridized carbons (Fsp3) is 0.182. The van der Waals surface area contributed by atoms with E-state index in [9.17, 15) is 14.7 Å². The molecule has 1 amide bonds. The average molecular weight is 428 g/mol. The predicted molar refractivity (Wildman–Crippen MR) is 113 cm³/mol. The highest BCUT2D eigenvalue weighted by atomic mass is 35.5. The van der Waals surface area contributed by atoms with E-state index in [1.54, 1.807) is 11.4 Å². The number of benzene rings is 2. The number of carboxylic acid groups (broad SMARTS) is 1. The first-order chi connectivity index (χ1) is 14.0. The summed E-state index contributed by atoms with van der Waals surface area (Å²) in [6.45, 7) is 0.131. The van der Waals surface area contributed by atoms with E-state index < -0.39 is 18.1 Å². The molecule has 0 saturated heterocycles. The van der Waals surface area contributed by atoms with Gasteiger partial charge in [-0.3, -0.25) is 0 Å². The van der Waals surface area contributed by atoms with Crippen molar-refractivity contribution in [2.24, 2.45) is 0 Å². The van der Waals surface area contributed by atoms with E-state index in [1.807, 2.05) is 36.4 Å². The van der Waals surface area contributed by atoms with Gasteiger partial charge < -0.3 is 15.2 Å². The van der Waals surface area contributed by atoms with Crippen LogP contribution in [0.3, 0.4) is 0 Å². The van der Waals surface area contributed by atoms with Crippen LogP contribution in [0.15, 0.2) is 60.0 Å². The number of fused-ring (bicyclic) bond motifs is 3. The summed E-state index contributed by atoms with van der Waals surface area (Å²) < 4.78 is 5.43. The third-order valence-corrected chi connectivity index (χ3v) is 6.42. The number of aliphatic carboxylic acids is 1. The second kappa shape index (κ2) is 8.27. The Kier molecular flexibility index (Phi) is 5.56. The topological polar surface area (TPSA) is 75.6 Å². The van der Waals surface area contributed by atoms with E-state index >= 15 is 0 Å². The number of hydrogen-bond acceptors (Lipinski definition) is 4. The van der Waals surface area contributed by atoms with Crippen LogP contribution in [0.5, 0.6) is 0 Å². The molecule has 2 aromatic carbocycles. The fourth-order valence-electron chi connectivity index (χ4n) is 3.64. The van der Waals surface area contributed by atoms with Crippen molar-refractivity contribution in [3.8, 4) is 11.1 Å². The molecule has 1 heterocycles. The molecule has 0 fully saturated rings. The highest BCUT2D eigenvalue weighted by molar-refractivity contribution is 7.10. The number of rotatable bonds is 6. The van der Waals surface area contributed by atoms with Gasteiger partial charge in [-0.15, -0.1) is 11.3 Å². The monoisotopic (exact) mass is 427 g/mol. The van der Waals surface area contributed by atoms with Crippen molar-refractivity contribution >= 4 is 35.0 Å². The molecule has 1 aromatic heterocycles. The number of carboxylic acids is 1. The van der Waals surface area contributed by atoms with Gasteiger partial charge in [-0.2, -0.15) is 0 Å². The molecule has 0 radical (unpaired) electrons. The van der Waals surface area contributed by atoms with Crippen molar-refractivity contribution in [1.82, 2.24) is 5.32 Å². The zero-order valence-electron chi connectivity index (χ0n) is 15.3. The predicted octanol–water partition coefficient (Wildman–Crippen LogP) is 4.94. The van der Waals surface area contributed by atoms with E-state index in [0.717, 1.165) is 22.3 Å². The minimum absolute atomic E-state index is 0.0804. The van der Waals surface area contributed by atoms with E-state index in [2.05, 4.69) is 17.4 Å². The lowest BCUT2D eigenvalue weighted by Gasteiger charge is -2.17. The lowest BCUT2D eigenvalue weighted by Crippen LogP contribution is -2.42. The Balaban J connectivity index is 1.44. The second-order valence-corrected chi connectivity index (χ2v) is 8.16. The van der Waals surface area contributed by atoms with Crippen molar-refractivity contribution in [2.75, 3.05) is 6.61 Å². The molecule has 4 rings (SSSR count). The Hall–Kier alpha value is -2.83. The summed E-state index contributed by atoms with van der Waals surface area (Å²) in [4.78, 5) is 24.6. The van der Waals surface area contributed by atoms with Crippen molar-refractivity contribution in [3.63, 3.8) is 0 Å². The van der Waals surface area contributed by atoms with Crippen LogP contribution in [0, 0.1) is 0 Å². The summed E-state index contributed by atoms with van der Waals surface area (Å²) >= 11 is 7.39. The minimum Gasteiger partial charge on any atom is -0.480 e. The van der Waals surface area contributed by atoms with E-state index in [4.69, 9.17) is 16.3 Å². The number of thiophene rings is 1. The van der Waals surface area contributed by atoms with Gasteiger partial charge in [-0.05, 0) is 33.7 Å². The van der Waals surface area contributed by atoms with Gasteiger partial charge in [0.1, 0.15) is 12.6 Å². The molecule has 5 nitrogen and oxygen atoms in total. The largest absolute Gasteiger partial charge is 0.480 e. The summed E-state index contributed by atoms with van der Waals surface area (Å²) in [6, 6.07) is 16.7. The molecule has 0 bridgehead atoms. The molecule has 0 spiro atoms. The Morgan fingerprint density at radius 3 is 2.24 bits per heavy atom. The molecule has 1 atom stereocenters. The Bertz CT molecular complexity index is 1020. The standard InChI is InChI=1S/C22H18ClNO4S/c23-18-9-10-29-20(18)11-19(21(25)26)24-22(27)28-12-17-15-7-3-1-5-13(15)14-6-2-4-8-16(14)17/h1-10,17,19H,11-12H2,(H,24,27)(H,25,26)/t19-/m0/s1. The lowest BCUT2D eigenvalue weighted by atomic mass is 9.98. The summed E-state index contributed by atoms with van der Waals surface area (Å²) in [7, 11) is 0. The first kappa shape index (κ1) is 19.5. The molecular weight excluding hydrogens is 410 g/mol. The number of halogens is 1. The van der Waals surface area contributed by atoms with Gasteiger partial charge in [0.05, 0.1) is 5.02 Å². The summed E-state index contributed by atoms with van der Waals surface area (Å²) in [6.07, 6.45) is -0.650. The van der Waals surface area contributed by atoms with Gasteiger partial charge in [0.25, 0.3) is 0 Å². The number of carbonyl (C=O) groups excluding carboxylic acids is 1. The van der Waals surface area contributed by atoms with Crippen LogP contribution >= 0.6 is 22.9 Å². The average Bonchev–Trinajstić information content (AvgIpc) is 3.27. The van der Waals surface area contributed by atoms with Gasteiger partial charge in [0, 0.05) is 17.2 Å². The maximum Gasteiger partial charge on any atom is 0.407 e. The first-order valence-corrected chi connectivity index (χ1v) is 10.4. The fourth-order valence-corrected chi connectivity index (χ4v) is 4.80. The number of hydrogen-bond donors (Lipinski definition) is 2. The Labute approximate surface area is 176 Å². The van der Waals surface area contributed by atoms with Gasteiger partial charge in [0.15, 0.2) is 0 Å². The van der Waals surface area contributed by atoms with E-state index in [1.165, 1.54) is 11.3 Å². The highest BCUT2D eigenvalue weighted by Gasteiger charge is 2.30. The molecule has 7 heteroatoms. The summed E-state index contributed by atoms with van der Waals surface area (Å²) in [5.74, 6) is -1.22. The van der Waals surface area contributed by atoms with E-state index in [0.29, 0.717) is 9.90 Å². The van der Waals surface area contributed by atoms with Crippen LogP contribution in [0.2, 0.25) is 5.02 Å². The minimum atomic E-state index is -1.14. The molecule has 1 aliphatic carbocycles. The zero-order valence-corrected chi connectivity index (χ0v) is 16.9. The van der Waals surface area contributed by atoms with Crippen LogP contribution in [0.25, 0.3) is 11.1 Å². The number of ether oxygens (including phenoxy) is 1. The third kappa shape index (κ3) is 3.99. The molecular formula is C22H18ClNO4S. The molecule has 148 valence electrons. The maximum atomic E-state index is 12.3. The van der Waals surface area contributed by atoms with Gasteiger partial charge in [0.2, 0.25) is 0 Å². The number of amides is 1. The SMILES string of the molecule is O=C(N[C@@H](Cc1sccc1Cl)C(=O)O)OCC1c2ccccc2-c2ccccc21. The second-order valence-electron chi connectivity index (χ2n) is 6.76. The number of alkyl carbamates (subject to hydrolysis) is 1. The highest BCUT2D eigenvalue weighted by Crippen LogP contribution is 2.44. The molecule has 0 saturated carbocycles. The van der Waals surface area contributed by atoms with Crippen LogP contribution in [0.1, 0.15) is 21.9 Å². The van der Waals surface area contributed by atoms with Crippen LogP contribution in [0.4, 0.5) is 4.79 Å². The molecule has 0 aliphatic heterocycles. The molecule has 2 N–H and O–H groups in total. The quantitative estimate of drug-likeness (QED) is 0.584. The van der Waals surface area contributed by atoms with Gasteiger partial charge >= 0.3 is 12.1 Å². The number of carbonyl (C=O) groups is 2. The molecule has 3 aromatic rings. The van der Waals surface area contributed by atoms with Gasteiger partial charge in [-0.1, -0.05) is 60.1 Å². The van der Waals surface area contributed by atoms with Crippen molar-refractivity contribution in [1.29, 1.82) is 0 Å². The molecule has 1 aliphatic rings. The van der Waals surface area contributed by atoms with Crippen LogP contribution < -0.4 is 5.32 Å². The first-order valence-electron chi connectivity index (χ1n) is 9.10. The van der Waals surface area contributed by atoms with Crippen molar-refractivity contribution in [2.45, 2.75) is 18.4 Å². The zero-order chi connectivity index (χ0) is 20.4. The smallest absolute Gasteiger partial charge is 0.407 e.